The molecule has 2 unspecified atom stereocenters. The van der Waals surface area contributed by atoms with E-state index in [-0.39, 0.29) is 12.5 Å². The summed E-state index contributed by atoms with van der Waals surface area (Å²) in [6, 6.07) is 3.15. The summed E-state index contributed by atoms with van der Waals surface area (Å²) in [7, 11) is 0. The highest BCUT2D eigenvalue weighted by atomic mass is 79.9. The molecule has 2 rings (SSSR count). The van der Waals surface area contributed by atoms with Gasteiger partial charge in [0.15, 0.2) is 0 Å². The number of hydrogen-bond donors (Lipinski definition) is 0. The van der Waals surface area contributed by atoms with Crippen molar-refractivity contribution in [1.82, 2.24) is 4.90 Å². The van der Waals surface area contributed by atoms with Crippen molar-refractivity contribution < 1.29 is 22.7 Å². The molecule has 0 saturated carbocycles. The van der Waals surface area contributed by atoms with Gasteiger partial charge < -0.3 is 9.64 Å². The number of carbonyl (C=O) groups excluding carboxylic acids is 1. The van der Waals surface area contributed by atoms with Crippen molar-refractivity contribution in [3.63, 3.8) is 0 Å². The summed E-state index contributed by atoms with van der Waals surface area (Å²) in [4.78, 5) is 12.6. The van der Waals surface area contributed by atoms with Crippen LogP contribution in [0.4, 0.5) is 13.2 Å². The molecule has 0 radical (unpaired) electrons. The molecule has 0 fully saturated rings. The summed E-state index contributed by atoms with van der Waals surface area (Å²) in [6.07, 6.45) is -2.89. The highest BCUT2D eigenvalue weighted by Crippen LogP contribution is 2.36. The molecular formula is C17H19BrF3NO2. The smallest absolute Gasteiger partial charge is 0.471 e. The first kappa shape index (κ1) is 18.8. The van der Waals surface area contributed by atoms with Gasteiger partial charge in [0.25, 0.3) is 0 Å². The number of ether oxygens (including phenoxy) is 1. The molecule has 2 atom stereocenters. The van der Waals surface area contributed by atoms with Crippen molar-refractivity contribution in [3.8, 4) is 5.75 Å². The van der Waals surface area contributed by atoms with Crippen LogP contribution in [0.5, 0.6) is 5.75 Å². The van der Waals surface area contributed by atoms with Crippen LogP contribution in [0.15, 0.2) is 29.3 Å². The van der Waals surface area contributed by atoms with E-state index >= 15 is 0 Å². The fourth-order valence-corrected chi connectivity index (χ4v) is 3.43. The van der Waals surface area contributed by atoms with Crippen LogP contribution < -0.4 is 4.74 Å². The lowest BCUT2D eigenvalue weighted by Gasteiger charge is -2.29. The van der Waals surface area contributed by atoms with E-state index in [1.807, 2.05) is 19.1 Å². The number of nitrogens with zero attached hydrogens (tertiary/aromatic N) is 1. The number of halogens is 4. The minimum Gasteiger partial charge on any atom is -0.488 e. The molecule has 0 bridgehead atoms. The van der Waals surface area contributed by atoms with Crippen molar-refractivity contribution in [2.45, 2.75) is 38.4 Å². The van der Waals surface area contributed by atoms with Crippen LogP contribution in [0.25, 0.3) is 0 Å². The topological polar surface area (TPSA) is 29.5 Å². The molecular weight excluding hydrogens is 387 g/mol. The molecule has 1 heterocycles. The minimum absolute atomic E-state index is 0.0335. The van der Waals surface area contributed by atoms with Crippen molar-refractivity contribution in [3.05, 3.63) is 40.4 Å². The lowest BCUT2D eigenvalue weighted by atomic mass is 9.94. The Morgan fingerprint density at radius 3 is 2.71 bits per heavy atom. The second kappa shape index (κ2) is 7.17. The maximum absolute atomic E-state index is 12.8. The summed E-state index contributed by atoms with van der Waals surface area (Å²) in [5.41, 5.74) is 1.83. The first-order chi connectivity index (χ1) is 11.1. The molecule has 1 aliphatic heterocycles. The summed E-state index contributed by atoms with van der Waals surface area (Å²) >= 11 is 3.43. The van der Waals surface area contributed by atoms with E-state index in [9.17, 15) is 18.0 Å². The van der Waals surface area contributed by atoms with Crippen LogP contribution in [-0.4, -0.2) is 36.2 Å². The summed E-state index contributed by atoms with van der Waals surface area (Å²) < 4.78 is 44.8. The van der Waals surface area contributed by atoms with Crippen LogP contribution >= 0.6 is 15.9 Å². The van der Waals surface area contributed by atoms with E-state index in [0.29, 0.717) is 18.8 Å². The molecule has 1 aliphatic rings. The van der Waals surface area contributed by atoms with Crippen molar-refractivity contribution >= 4 is 21.8 Å². The average molecular weight is 406 g/mol. The van der Waals surface area contributed by atoms with Gasteiger partial charge in [-0.15, -0.1) is 0 Å². The lowest BCUT2D eigenvalue weighted by molar-refractivity contribution is -0.187. The zero-order chi connectivity index (χ0) is 18.1. The summed E-state index contributed by atoms with van der Waals surface area (Å²) in [6.45, 7) is 7.42. The number of alkyl halides is 3. The monoisotopic (exact) mass is 405 g/mol. The highest BCUT2D eigenvalue weighted by Gasteiger charge is 2.45. The predicted octanol–water partition coefficient (Wildman–Crippen LogP) is 4.45. The third kappa shape index (κ3) is 3.94. The molecule has 1 amide bonds. The normalized spacial score (nSPS) is 21.0. The third-order valence-electron chi connectivity index (χ3n) is 4.10. The zero-order valence-corrected chi connectivity index (χ0v) is 15.1. The SMILES string of the molecule is C=CCOc1cc2c(cc1Br)C(C)CN(C(=O)C(F)(F)F)C(C)C2. The number of hydrogen-bond acceptors (Lipinski definition) is 2. The van der Waals surface area contributed by atoms with Gasteiger partial charge in [-0.25, -0.2) is 0 Å². The number of amides is 1. The van der Waals surface area contributed by atoms with Crippen LogP contribution in [0.1, 0.15) is 30.9 Å². The van der Waals surface area contributed by atoms with E-state index in [1.165, 1.54) is 0 Å². The largest absolute Gasteiger partial charge is 0.488 e. The molecule has 0 aromatic heterocycles. The van der Waals surface area contributed by atoms with Crippen molar-refractivity contribution in [1.29, 1.82) is 0 Å². The van der Waals surface area contributed by atoms with Gasteiger partial charge in [-0.1, -0.05) is 19.6 Å². The maximum Gasteiger partial charge on any atom is 0.471 e. The van der Waals surface area contributed by atoms with Crippen molar-refractivity contribution in [2.75, 3.05) is 13.2 Å². The number of carbonyl (C=O) groups is 1. The average Bonchev–Trinajstić information content (AvgIpc) is 2.61. The molecule has 0 saturated heterocycles. The fourth-order valence-electron chi connectivity index (χ4n) is 2.95. The Morgan fingerprint density at radius 1 is 1.46 bits per heavy atom. The number of rotatable bonds is 3. The van der Waals surface area contributed by atoms with Crippen LogP contribution in [0.3, 0.4) is 0 Å². The van der Waals surface area contributed by atoms with E-state index in [4.69, 9.17) is 4.74 Å². The van der Waals surface area contributed by atoms with E-state index in [0.717, 1.165) is 20.5 Å². The predicted molar refractivity (Wildman–Crippen MR) is 89.2 cm³/mol. The van der Waals surface area contributed by atoms with E-state index in [2.05, 4.69) is 22.5 Å². The molecule has 1 aromatic carbocycles. The Morgan fingerprint density at radius 2 is 2.12 bits per heavy atom. The molecule has 0 spiro atoms. The van der Waals surface area contributed by atoms with Gasteiger partial charge in [-0.3, -0.25) is 4.79 Å². The second-order valence-electron chi connectivity index (χ2n) is 5.99. The van der Waals surface area contributed by atoms with Gasteiger partial charge in [0.05, 0.1) is 4.47 Å². The Bertz CT molecular complexity index is 645. The Balaban J connectivity index is 2.36. The van der Waals surface area contributed by atoms with Gasteiger partial charge >= 0.3 is 12.1 Å². The Labute approximate surface area is 147 Å². The number of benzene rings is 1. The molecule has 132 valence electrons. The van der Waals surface area contributed by atoms with Gasteiger partial charge in [0.2, 0.25) is 0 Å². The van der Waals surface area contributed by atoms with Gasteiger partial charge in [-0.2, -0.15) is 13.2 Å². The van der Waals surface area contributed by atoms with Crippen LogP contribution in [-0.2, 0) is 11.2 Å². The second-order valence-corrected chi connectivity index (χ2v) is 6.84. The zero-order valence-electron chi connectivity index (χ0n) is 13.5. The molecule has 1 aromatic rings. The van der Waals surface area contributed by atoms with Gasteiger partial charge in [-0.05, 0) is 58.5 Å². The summed E-state index contributed by atoms with van der Waals surface area (Å²) in [5.74, 6) is -1.37. The minimum atomic E-state index is -4.86. The third-order valence-corrected chi connectivity index (χ3v) is 4.72. The molecule has 24 heavy (non-hydrogen) atoms. The standard InChI is InChI=1S/C17H19BrF3NO2/c1-4-5-24-15-7-12-6-11(3)22(16(23)17(19,20)21)9-10(2)13(12)8-14(15)18/h4,7-8,10-11H,1,5-6,9H2,2-3H3. The van der Waals surface area contributed by atoms with E-state index < -0.39 is 18.1 Å². The lowest BCUT2D eigenvalue weighted by Crippen LogP contribution is -2.47. The van der Waals surface area contributed by atoms with Gasteiger partial charge in [0.1, 0.15) is 12.4 Å². The molecule has 0 N–H and O–H groups in total. The quantitative estimate of drug-likeness (QED) is 0.695. The fraction of sp³-hybridized carbons (Fsp3) is 0.471. The summed E-state index contributed by atoms with van der Waals surface area (Å²) in [5, 5.41) is 0. The highest BCUT2D eigenvalue weighted by molar-refractivity contribution is 9.10. The van der Waals surface area contributed by atoms with E-state index in [1.54, 1.807) is 13.0 Å². The maximum atomic E-state index is 12.8. The van der Waals surface area contributed by atoms with Crippen LogP contribution in [0.2, 0.25) is 0 Å². The Kier molecular flexibility index (Phi) is 5.63. The van der Waals surface area contributed by atoms with Crippen LogP contribution in [0, 0.1) is 0 Å². The first-order valence-corrected chi connectivity index (χ1v) is 8.38. The molecule has 7 heteroatoms. The van der Waals surface area contributed by atoms with Gasteiger partial charge in [0, 0.05) is 12.6 Å². The molecule has 0 aliphatic carbocycles. The number of fused-ring (bicyclic) bond motifs is 1. The van der Waals surface area contributed by atoms with Crippen molar-refractivity contribution in [2.24, 2.45) is 0 Å². The first-order valence-electron chi connectivity index (χ1n) is 7.59. The molecule has 3 nitrogen and oxygen atoms in total. The Hall–Kier alpha value is -1.50.